The van der Waals surface area contributed by atoms with Gasteiger partial charge in [-0.1, -0.05) is 0 Å². The molecule has 0 radical (unpaired) electrons. The third-order valence-corrected chi connectivity index (χ3v) is 0. The molecule has 0 aliphatic heterocycles. The van der Waals surface area contributed by atoms with Crippen LogP contribution in [0, 0.1) is 0 Å². The largest absolute Gasteiger partial charge is 0.344 e. The minimum Gasteiger partial charge on any atom is -0.344 e. The Balaban J connectivity index is 0. The van der Waals surface area contributed by atoms with Gasteiger partial charge in [0.05, 0.1) is 0 Å². The van der Waals surface area contributed by atoms with Gasteiger partial charge >= 0.3 is 0 Å². The van der Waals surface area contributed by atoms with E-state index in [2.05, 4.69) is 16.7 Å². The smallest absolute Gasteiger partial charge is 0.196 e. The zero-order valence-electron chi connectivity index (χ0n) is 2.27. The molecule has 4 heavy (non-hydrogen) atoms. The summed E-state index contributed by atoms with van der Waals surface area (Å²) >= 11 is 0. The molecule has 0 unspecified atom stereocenters. The van der Waals surface area contributed by atoms with Crippen molar-refractivity contribution in [2.24, 2.45) is 11.8 Å². The number of nitrogens with two attached hydrogens (primary N) is 2. The fourth-order valence-corrected chi connectivity index (χ4v) is 0. The molecule has 0 saturated carbocycles. The first-order valence-electron chi connectivity index (χ1n) is 0.471. The van der Waals surface area contributed by atoms with E-state index in [0.717, 1.165) is 0 Å². The van der Waals surface area contributed by atoms with Crippen LogP contribution in [0.4, 0.5) is 0 Å². The topological polar surface area (TPSA) is 96.3 Å². The van der Waals surface area contributed by atoms with Crippen LogP contribution in [0.15, 0.2) is 0 Å². The van der Waals surface area contributed by atoms with Crippen LogP contribution in [0.5, 0.6) is 0 Å². The van der Waals surface area contributed by atoms with E-state index in [1.54, 1.807) is 0 Å². The van der Waals surface area contributed by atoms with Crippen LogP contribution >= 0.6 is 0 Å². The van der Waals surface area contributed by atoms with Crippen LogP contribution in [0.1, 0.15) is 0 Å². The van der Waals surface area contributed by atoms with E-state index in [-0.39, 0.29) is 6.15 Å². The molecule has 0 fully saturated rings. The molecule has 0 bridgehead atoms. The number of hydrogen-bond donors (Lipinski definition) is 3. The first-order chi connectivity index (χ1) is 1.41. The van der Waals surface area contributed by atoms with Gasteiger partial charge in [0.2, 0.25) is 0 Å². The minimum absolute atomic E-state index is 0. The van der Waals surface area contributed by atoms with Gasteiger partial charge in [-0.3, -0.25) is 0 Å². The molecule has 28 valence electrons. The van der Waals surface area contributed by atoms with Crippen LogP contribution in [-0.2, 0) is 4.94 Å². The molecule has 0 rings (SSSR count). The molecule has 0 aliphatic rings. The van der Waals surface area contributed by atoms with E-state index in [9.17, 15) is 0 Å². The molecule has 0 aromatic rings. The summed E-state index contributed by atoms with van der Waals surface area (Å²) in [4.78, 5) is 3.25. The van der Waals surface area contributed by atoms with Gasteiger partial charge in [0, 0.05) is 0 Å². The highest BCUT2D eigenvalue weighted by Crippen LogP contribution is 0.949. The highest BCUT2D eigenvalue weighted by atomic mass is 16.7. The predicted octanol–water partition coefficient (Wildman–Crippen LogP) is -1.09. The first-order valence-corrected chi connectivity index (χ1v) is 0.471. The summed E-state index contributed by atoms with van der Waals surface area (Å²) in [5, 5.41) is 0. The lowest BCUT2D eigenvalue weighted by atomic mass is 13.3. The normalized spacial score (nSPS) is 4.50. The average Bonchev–Trinajstić information content (AvgIpc) is 0.918. The Labute approximate surface area is 24.2 Å². The second kappa shape index (κ2) is 13.6. The molecule has 0 aliphatic carbocycles. The van der Waals surface area contributed by atoms with Crippen molar-refractivity contribution in [3.8, 4) is 0 Å². The molecule has 0 aromatic heterocycles. The molecular formula is H7N3O. The zero-order valence-corrected chi connectivity index (χ0v) is 2.27. The molecule has 0 atom stereocenters. The van der Waals surface area contributed by atoms with Gasteiger partial charge in [0.25, 0.3) is 0 Å². The van der Waals surface area contributed by atoms with E-state index in [1.807, 2.05) is 0 Å². The van der Waals surface area contributed by atoms with Crippen molar-refractivity contribution in [1.82, 2.24) is 6.15 Å². The molecule has 4 nitrogen and oxygen atoms in total. The van der Waals surface area contributed by atoms with E-state index < -0.39 is 0 Å². The van der Waals surface area contributed by atoms with Crippen molar-refractivity contribution in [2.75, 3.05) is 0 Å². The SMILES string of the molecule is N.NON. The number of hydrogen-bond acceptors (Lipinski definition) is 4. The summed E-state index contributed by atoms with van der Waals surface area (Å²) in [6.45, 7) is 0. The quantitative estimate of drug-likeness (QED) is 0.312. The van der Waals surface area contributed by atoms with Crippen molar-refractivity contribution in [3.05, 3.63) is 0 Å². The van der Waals surface area contributed by atoms with Crippen LogP contribution in [-0.4, -0.2) is 0 Å². The van der Waals surface area contributed by atoms with E-state index in [4.69, 9.17) is 0 Å². The highest BCUT2D eigenvalue weighted by molar-refractivity contribution is 3.21. The minimum atomic E-state index is 0. The Morgan fingerprint density at radius 1 is 1.25 bits per heavy atom. The molecule has 0 amide bonds. The third kappa shape index (κ3) is 50.7. The fraction of sp³-hybridized carbons (Fsp3) is 0. The summed E-state index contributed by atoms with van der Waals surface area (Å²) in [6, 6.07) is 0. The Kier molecular flexibility index (Phi) is 31.2. The predicted molar refractivity (Wildman–Crippen MR) is 14.5 cm³/mol. The van der Waals surface area contributed by atoms with Crippen LogP contribution in [0.25, 0.3) is 0 Å². The van der Waals surface area contributed by atoms with Crippen molar-refractivity contribution >= 4 is 0 Å². The van der Waals surface area contributed by atoms with Gasteiger partial charge in [-0.05, 0) is 0 Å². The molecule has 0 saturated heterocycles. The van der Waals surface area contributed by atoms with Crippen LogP contribution in [0.2, 0.25) is 0 Å². The lowest BCUT2D eigenvalue weighted by Crippen LogP contribution is -2.03. The van der Waals surface area contributed by atoms with Gasteiger partial charge in [0.15, 0.2) is 0 Å². The van der Waals surface area contributed by atoms with Crippen LogP contribution < -0.4 is 17.9 Å². The van der Waals surface area contributed by atoms with E-state index in [1.165, 1.54) is 0 Å². The van der Waals surface area contributed by atoms with E-state index >= 15 is 0 Å². The molecule has 0 heterocycles. The summed E-state index contributed by atoms with van der Waals surface area (Å²) in [7, 11) is 0. The van der Waals surface area contributed by atoms with Gasteiger partial charge in [-0.2, -0.15) is 11.8 Å². The van der Waals surface area contributed by atoms with Crippen molar-refractivity contribution in [2.45, 2.75) is 0 Å². The van der Waals surface area contributed by atoms with Gasteiger partial charge < -0.3 is 6.15 Å². The second-order valence-corrected chi connectivity index (χ2v) is 0.136. The van der Waals surface area contributed by atoms with Gasteiger partial charge in [-0.25, -0.2) is 4.94 Å². The Bertz CT molecular complexity index is 3.25. The third-order valence-electron chi connectivity index (χ3n) is 0. The standard InChI is InChI=1S/H4N2O.H3N/c1-3-2;/h1-2H2;1H3. The average molecular weight is 65.1 g/mol. The summed E-state index contributed by atoms with van der Waals surface area (Å²) in [5.41, 5.74) is 0. The molecule has 4 heteroatoms. The van der Waals surface area contributed by atoms with Crippen molar-refractivity contribution in [3.63, 3.8) is 0 Å². The number of rotatable bonds is 0. The zero-order chi connectivity index (χ0) is 2.71. The van der Waals surface area contributed by atoms with Crippen LogP contribution in [0.3, 0.4) is 0 Å². The Hall–Kier alpha value is -0.160. The van der Waals surface area contributed by atoms with Crippen molar-refractivity contribution in [1.29, 1.82) is 0 Å². The second-order valence-electron chi connectivity index (χ2n) is 0.136. The lowest BCUT2D eigenvalue weighted by Gasteiger charge is -1.62. The summed E-state index contributed by atoms with van der Waals surface area (Å²) in [6.07, 6.45) is 0. The maximum absolute atomic E-state index is 4.12. The van der Waals surface area contributed by atoms with E-state index in [0.29, 0.717) is 0 Å². The first kappa shape index (κ1) is 9.15. The molecule has 0 aromatic carbocycles. The summed E-state index contributed by atoms with van der Waals surface area (Å²) in [5.74, 6) is 8.25. The fourth-order valence-electron chi connectivity index (χ4n) is 0. The molecular weight excluding hydrogens is 58.0 g/mol. The molecule has 0 spiro atoms. The molecule has 7 N–H and O–H groups in total. The van der Waals surface area contributed by atoms with Gasteiger partial charge in [-0.15, -0.1) is 0 Å². The monoisotopic (exact) mass is 65.1 g/mol. The highest BCUT2D eigenvalue weighted by Gasteiger charge is 1.21. The maximum atomic E-state index is 4.12. The summed E-state index contributed by atoms with van der Waals surface area (Å²) < 4.78 is 0. The Morgan fingerprint density at radius 3 is 1.25 bits per heavy atom. The van der Waals surface area contributed by atoms with Crippen molar-refractivity contribution < 1.29 is 4.94 Å². The maximum Gasteiger partial charge on any atom is -0.196 e. The Morgan fingerprint density at radius 2 is 1.25 bits per heavy atom. The lowest BCUT2D eigenvalue weighted by molar-refractivity contribution is 0.142. The van der Waals surface area contributed by atoms with Gasteiger partial charge in [0.1, 0.15) is 0 Å².